The maximum Gasteiger partial charge on any atom is 0.0236 e. The predicted molar refractivity (Wildman–Crippen MR) is 131 cm³/mol. The van der Waals surface area contributed by atoms with Crippen LogP contribution in [-0.2, 0) is 6.54 Å². The molecular weight excluding hydrogens is 364 g/mol. The van der Waals surface area contributed by atoms with Crippen LogP contribution in [0.1, 0.15) is 72.3 Å². The molecular formula is C28H42N2. The van der Waals surface area contributed by atoms with Crippen molar-refractivity contribution in [2.45, 2.75) is 90.9 Å². The number of nitrogens with zero attached hydrogens (tertiary/aromatic N) is 1. The first kappa shape index (κ1) is 23.0. The largest absolute Gasteiger partial charge is 0.308 e. The van der Waals surface area contributed by atoms with Crippen molar-refractivity contribution >= 4 is 0 Å². The fourth-order valence-electron chi connectivity index (χ4n) is 5.34. The second-order valence-electron chi connectivity index (χ2n) is 10.4. The third-order valence-corrected chi connectivity index (χ3v) is 7.75. The Kier molecular flexibility index (Phi) is 7.42. The van der Waals surface area contributed by atoms with Gasteiger partial charge in [-0.1, -0.05) is 81.0 Å². The molecule has 2 nitrogen and oxygen atoms in total. The van der Waals surface area contributed by atoms with E-state index in [4.69, 9.17) is 0 Å². The molecule has 1 aromatic carbocycles. The van der Waals surface area contributed by atoms with Gasteiger partial charge >= 0.3 is 0 Å². The van der Waals surface area contributed by atoms with Crippen LogP contribution in [0.2, 0.25) is 0 Å². The first-order chi connectivity index (χ1) is 14.2. The molecule has 1 aromatic rings. The number of rotatable bonds is 7. The van der Waals surface area contributed by atoms with E-state index in [9.17, 15) is 0 Å². The van der Waals surface area contributed by atoms with Gasteiger partial charge < -0.3 is 5.32 Å². The number of hydrogen-bond acceptors (Lipinski definition) is 2. The predicted octanol–water partition coefficient (Wildman–Crippen LogP) is 6.66. The monoisotopic (exact) mass is 406 g/mol. The minimum atomic E-state index is 0.0327. The van der Waals surface area contributed by atoms with Crippen LogP contribution in [0.15, 0.2) is 66.3 Å². The lowest BCUT2D eigenvalue weighted by atomic mass is 9.66. The highest BCUT2D eigenvalue weighted by molar-refractivity contribution is 5.37. The SMILES string of the molecule is C=C1CC(NC(C)(C)C(C)(C)C2CCCCN2Cc2ccccc2)C/C1=C/C=C\C. The molecule has 164 valence electrons. The Labute approximate surface area is 185 Å². The number of piperidine rings is 1. The molecule has 2 aliphatic rings. The Morgan fingerprint density at radius 3 is 2.53 bits per heavy atom. The van der Waals surface area contributed by atoms with Crippen molar-refractivity contribution in [3.05, 3.63) is 71.8 Å². The van der Waals surface area contributed by atoms with E-state index in [0.29, 0.717) is 12.1 Å². The lowest BCUT2D eigenvalue weighted by Gasteiger charge is -2.53. The minimum absolute atomic E-state index is 0.0327. The molecule has 2 heteroatoms. The van der Waals surface area contributed by atoms with Gasteiger partial charge in [0, 0.05) is 24.2 Å². The van der Waals surface area contributed by atoms with Crippen molar-refractivity contribution in [1.29, 1.82) is 0 Å². The summed E-state index contributed by atoms with van der Waals surface area (Å²) in [7, 11) is 0. The molecule has 1 aliphatic carbocycles. The molecule has 30 heavy (non-hydrogen) atoms. The zero-order valence-electron chi connectivity index (χ0n) is 19.9. The maximum absolute atomic E-state index is 4.33. The summed E-state index contributed by atoms with van der Waals surface area (Å²) in [6.45, 7) is 18.5. The summed E-state index contributed by atoms with van der Waals surface area (Å²) in [5, 5.41) is 4.06. The first-order valence-electron chi connectivity index (χ1n) is 11.8. The van der Waals surface area contributed by atoms with E-state index in [0.717, 1.165) is 19.4 Å². The molecule has 0 bridgehead atoms. The van der Waals surface area contributed by atoms with Gasteiger partial charge in [0.2, 0.25) is 0 Å². The molecule has 1 saturated carbocycles. The Hall–Kier alpha value is -1.64. The zero-order chi connectivity index (χ0) is 21.8. The van der Waals surface area contributed by atoms with Crippen LogP contribution >= 0.6 is 0 Å². The fourth-order valence-corrected chi connectivity index (χ4v) is 5.34. The number of nitrogens with one attached hydrogen (secondary N) is 1. The average molecular weight is 407 g/mol. The van der Waals surface area contributed by atoms with Gasteiger partial charge in [-0.3, -0.25) is 4.90 Å². The van der Waals surface area contributed by atoms with Gasteiger partial charge in [-0.05, 0) is 69.6 Å². The fraction of sp³-hybridized carbons (Fsp3) is 0.571. The zero-order valence-corrected chi connectivity index (χ0v) is 19.9. The molecule has 0 aromatic heterocycles. The molecule has 0 spiro atoms. The van der Waals surface area contributed by atoms with Gasteiger partial charge in [-0.25, -0.2) is 0 Å². The molecule has 1 heterocycles. The Balaban J connectivity index is 1.73. The summed E-state index contributed by atoms with van der Waals surface area (Å²) in [6.07, 6.45) is 12.6. The van der Waals surface area contributed by atoms with E-state index in [1.807, 2.05) is 0 Å². The lowest BCUT2D eigenvalue weighted by Crippen LogP contribution is -2.63. The van der Waals surface area contributed by atoms with Crippen molar-refractivity contribution in [3.63, 3.8) is 0 Å². The highest BCUT2D eigenvalue weighted by Gasteiger charge is 2.47. The highest BCUT2D eigenvalue weighted by atomic mass is 15.2. The number of hydrogen-bond donors (Lipinski definition) is 1. The Bertz CT molecular complexity index is 769. The van der Waals surface area contributed by atoms with Crippen LogP contribution < -0.4 is 5.32 Å². The summed E-state index contributed by atoms with van der Waals surface area (Å²) < 4.78 is 0. The van der Waals surface area contributed by atoms with E-state index in [1.54, 1.807) is 0 Å². The van der Waals surface area contributed by atoms with Crippen LogP contribution in [0.25, 0.3) is 0 Å². The summed E-state index contributed by atoms with van der Waals surface area (Å²) in [5.74, 6) is 0. The Morgan fingerprint density at radius 1 is 1.10 bits per heavy atom. The van der Waals surface area contributed by atoms with Gasteiger partial charge in [0.1, 0.15) is 0 Å². The summed E-state index contributed by atoms with van der Waals surface area (Å²) in [5.41, 5.74) is 4.31. The van der Waals surface area contributed by atoms with Crippen molar-refractivity contribution in [2.24, 2.45) is 5.41 Å². The van der Waals surface area contributed by atoms with Gasteiger partial charge in [0.15, 0.2) is 0 Å². The van der Waals surface area contributed by atoms with E-state index in [2.05, 4.69) is 100.0 Å². The maximum atomic E-state index is 4.33. The van der Waals surface area contributed by atoms with Gasteiger partial charge in [-0.2, -0.15) is 0 Å². The topological polar surface area (TPSA) is 15.3 Å². The van der Waals surface area contributed by atoms with Crippen LogP contribution in [0.3, 0.4) is 0 Å². The van der Waals surface area contributed by atoms with Gasteiger partial charge in [0.05, 0.1) is 0 Å². The molecule has 3 rings (SSSR count). The van der Waals surface area contributed by atoms with Crippen molar-refractivity contribution in [3.8, 4) is 0 Å². The molecule has 1 saturated heterocycles. The van der Waals surface area contributed by atoms with Gasteiger partial charge in [0.25, 0.3) is 0 Å². The molecule has 0 radical (unpaired) electrons. The Morgan fingerprint density at radius 2 is 1.83 bits per heavy atom. The molecule has 1 aliphatic heterocycles. The quantitative estimate of drug-likeness (QED) is 0.545. The summed E-state index contributed by atoms with van der Waals surface area (Å²) in [6, 6.07) is 12.0. The number of likely N-dealkylation sites (tertiary alicyclic amines) is 1. The smallest absolute Gasteiger partial charge is 0.0236 e. The van der Waals surface area contributed by atoms with Crippen LogP contribution in [0.5, 0.6) is 0 Å². The lowest BCUT2D eigenvalue weighted by molar-refractivity contribution is -0.00938. The third kappa shape index (κ3) is 5.15. The van der Waals surface area contributed by atoms with E-state index < -0.39 is 0 Å². The number of allylic oxidation sites excluding steroid dienone is 3. The van der Waals surface area contributed by atoms with Crippen LogP contribution in [0.4, 0.5) is 0 Å². The second-order valence-corrected chi connectivity index (χ2v) is 10.4. The second kappa shape index (κ2) is 9.66. The van der Waals surface area contributed by atoms with Crippen molar-refractivity contribution < 1.29 is 0 Å². The third-order valence-electron chi connectivity index (χ3n) is 7.75. The van der Waals surface area contributed by atoms with E-state index in [1.165, 1.54) is 42.5 Å². The average Bonchev–Trinajstić information content (AvgIpc) is 3.05. The minimum Gasteiger partial charge on any atom is -0.308 e. The number of benzene rings is 1. The van der Waals surface area contributed by atoms with E-state index >= 15 is 0 Å². The van der Waals surface area contributed by atoms with Crippen molar-refractivity contribution in [1.82, 2.24) is 10.2 Å². The molecule has 2 unspecified atom stereocenters. The van der Waals surface area contributed by atoms with E-state index in [-0.39, 0.29) is 11.0 Å². The van der Waals surface area contributed by atoms with Crippen LogP contribution in [0, 0.1) is 5.41 Å². The highest BCUT2D eigenvalue weighted by Crippen LogP contribution is 2.43. The van der Waals surface area contributed by atoms with Crippen LogP contribution in [-0.4, -0.2) is 29.1 Å². The van der Waals surface area contributed by atoms with Gasteiger partial charge in [-0.15, -0.1) is 0 Å². The first-order valence-corrected chi connectivity index (χ1v) is 11.8. The van der Waals surface area contributed by atoms with Crippen molar-refractivity contribution in [2.75, 3.05) is 6.54 Å². The normalized spacial score (nSPS) is 25.5. The molecule has 2 atom stereocenters. The molecule has 0 amide bonds. The summed E-state index contributed by atoms with van der Waals surface area (Å²) in [4.78, 5) is 2.74. The molecule has 2 fully saturated rings. The molecule has 1 N–H and O–H groups in total. The summed E-state index contributed by atoms with van der Waals surface area (Å²) >= 11 is 0. The standard InChI is InChI=1S/C28H42N2/c1-7-8-16-24-20-25(19-22(24)2)29-28(5,6)27(3,4)26-17-12-13-18-30(26)21-23-14-10-9-11-15-23/h7-11,14-16,25-26,29H,2,12-13,17-21H2,1,3-6H3/b8-7-,24-16-.